The van der Waals surface area contributed by atoms with E-state index in [9.17, 15) is 4.79 Å². The molecule has 0 aliphatic carbocycles. The minimum absolute atomic E-state index is 0.0947. The van der Waals surface area contributed by atoms with Crippen LogP contribution >= 0.6 is 0 Å². The number of nitrogens with one attached hydrogen (secondary N) is 1. The summed E-state index contributed by atoms with van der Waals surface area (Å²) < 4.78 is 20.8. The van der Waals surface area contributed by atoms with E-state index in [0.717, 1.165) is 0 Å². The van der Waals surface area contributed by atoms with E-state index in [1.807, 2.05) is 5.43 Å². The van der Waals surface area contributed by atoms with Gasteiger partial charge in [0.25, 0.3) is 5.91 Å². The molecule has 7 nitrogen and oxygen atoms in total. The fourth-order valence-corrected chi connectivity index (χ4v) is 1.52. The molecule has 0 bridgehead atoms. The molecule has 1 heterocycles. The molecule has 18 heavy (non-hydrogen) atoms. The number of hydrogen-bond acceptors (Lipinski definition) is 6. The van der Waals surface area contributed by atoms with Crippen LogP contribution in [0.5, 0.6) is 17.2 Å². The van der Waals surface area contributed by atoms with Crippen LogP contribution < -0.4 is 25.5 Å². The molecule has 1 amide bonds. The van der Waals surface area contributed by atoms with Crippen LogP contribution in [0.3, 0.4) is 0 Å². The number of methoxy groups -OCH3 is 1. The summed E-state index contributed by atoms with van der Waals surface area (Å²) in [5.41, 5.74) is 2.02. The number of hydrogen-bond donors (Lipinski definition) is 2. The predicted octanol–water partition coefficient (Wildman–Crippen LogP) is -0.201. The Balaban J connectivity index is 2.09. The fourth-order valence-electron chi connectivity index (χ4n) is 1.52. The zero-order valence-corrected chi connectivity index (χ0v) is 9.84. The van der Waals surface area contributed by atoms with Crippen molar-refractivity contribution in [3.8, 4) is 17.2 Å². The number of hydrazine groups is 1. The van der Waals surface area contributed by atoms with Gasteiger partial charge in [-0.05, 0) is 12.1 Å². The molecule has 0 fully saturated rings. The molecule has 1 aliphatic heterocycles. The highest BCUT2D eigenvalue weighted by Crippen LogP contribution is 2.35. The quantitative estimate of drug-likeness (QED) is 0.429. The number of fused-ring (bicyclic) bond motifs is 1. The van der Waals surface area contributed by atoms with Crippen molar-refractivity contribution in [2.75, 3.05) is 20.5 Å². The minimum atomic E-state index is -0.819. The van der Waals surface area contributed by atoms with Crippen LogP contribution in [-0.4, -0.2) is 32.5 Å². The molecule has 1 aromatic carbocycles. The lowest BCUT2D eigenvalue weighted by Crippen LogP contribution is -2.44. The lowest BCUT2D eigenvalue weighted by atomic mass is 10.3. The topological polar surface area (TPSA) is 92.0 Å². The van der Waals surface area contributed by atoms with Crippen LogP contribution in [-0.2, 0) is 9.53 Å². The number of ether oxygens (including phenoxy) is 4. The van der Waals surface area contributed by atoms with Gasteiger partial charge in [-0.1, -0.05) is 0 Å². The van der Waals surface area contributed by atoms with E-state index in [1.165, 1.54) is 7.11 Å². The molecule has 98 valence electrons. The van der Waals surface area contributed by atoms with Gasteiger partial charge < -0.3 is 18.9 Å². The number of benzene rings is 1. The summed E-state index contributed by atoms with van der Waals surface area (Å²) in [6.45, 7) is 0.279. The van der Waals surface area contributed by atoms with Crippen LogP contribution in [0.15, 0.2) is 18.2 Å². The summed E-state index contributed by atoms with van der Waals surface area (Å²) in [5.74, 6) is 6.31. The average Bonchev–Trinajstić information content (AvgIpc) is 2.84. The van der Waals surface area contributed by atoms with E-state index in [-0.39, 0.29) is 13.4 Å². The lowest BCUT2D eigenvalue weighted by Gasteiger charge is -2.16. The monoisotopic (exact) mass is 254 g/mol. The maximum Gasteiger partial charge on any atom is 0.277 e. The largest absolute Gasteiger partial charge is 0.478 e. The molecule has 1 aliphatic rings. The van der Waals surface area contributed by atoms with Crippen LogP contribution in [0.4, 0.5) is 0 Å². The first-order chi connectivity index (χ1) is 8.74. The highest BCUT2D eigenvalue weighted by atomic mass is 16.7. The second-order valence-electron chi connectivity index (χ2n) is 3.59. The van der Waals surface area contributed by atoms with Gasteiger partial charge >= 0.3 is 0 Å². The molecular weight excluding hydrogens is 240 g/mol. The van der Waals surface area contributed by atoms with E-state index in [2.05, 4.69) is 0 Å². The number of amides is 1. The Morgan fingerprint density at radius 1 is 1.50 bits per heavy atom. The van der Waals surface area contributed by atoms with Crippen molar-refractivity contribution in [3.63, 3.8) is 0 Å². The molecule has 0 saturated heterocycles. The van der Waals surface area contributed by atoms with Gasteiger partial charge in [0.1, 0.15) is 5.75 Å². The van der Waals surface area contributed by atoms with Crippen LogP contribution in [0.1, 0.15) is 0 Å². The Labute approximate surface area is 104 Å². The maximum atomic E-state index is 11.4. The summed E-state index contributed by atoms with van der Waals surface area (Å²) in [6.07, 6.45) is -0.819. The van der Waals surface area contributed by atoms with Gasteiger partial charge in [-0.3, -0.25) is 10.2 Å². The van der Waals surface area contributed by atoms with E-state index >= 15 is 0 Å². The van der Waals surface area contributed by atoms with Gasteiger partial charge in [0.05, 0.1) is 6.61 Å². The fraction of sp³-hybridized carbons (Fsp3) is 0.364. The van der Waals surface area contributed by atoms with E-state index in [0.29, 0.717) is 17.2 Å². The Bertz CT molecular complexity index is 437. The van der Waals surface area contributed by atoms with Crippen LogP contribution in [0.2, 0.25) is 0 Å². The van der Waals surface area contributed by atoms with Gasteiger partial charge in [-0.2, -0.15) is 0 Å². The highest BCUT2D eigenvalue weighted by molar-refractivity contribution is 5.80. The first-order valence-corrected chi connectivity index (χ1v) is 5.30. The summed E-state index contributed by atoms with van der Waals surface area (Å²) in [5, 5.41) is 0. The second kappa shape index (κ2) is 5.56. The first kappa shape index (κ1) is 12.5. The van der Waals surface area contributed by atoms with Crippen molar-refractivity contribution < 1.29 is 23.7 Å². The average molecular weight is 254 g/mol. The van der Waals surface area contributed by atoms with E-state index in [4.69, 9.17) is 24.8 Å². The molecule has 0 radical (unpaired) electrons. The molecule has 0 saturated carbocycles. The van der Waals surface area contributed by atoms with Gasteiger partial charge in [0, 0.05) is 13.2 Å². The zero-order chi connectivity index (χ0) is 13.0. The Morgan fingerprint density at radius 2 is 2.28 bits per heavy atom. The standard InChI is InChI=1S/C11H14N2O5/c1-15-5-10(11(14)13-12)18-7-2-3-8-9(4-7)17-6-16-8/h2-4,10H,5-6,12H2,1H3,(H,13,14). The van der Waals surface area contributed by atoms with Crippen molar-refractivity contribution in [3.05, 3.63) is 18.2 Å². The van der Waals surface area contributed by atoms with Crippen molar-refractivity contribution in [2.45, 2.75) is 6.10 Å². The number of carbonyl (C=O) groups is 1. The Morgan fingerprint density at radius 3 is 3.00 bits per heavy atom. The number of nitrogens with two attached hydrogens (primary N) is 1. The smallest absolute Gasteiger partial charge is 0.277 e. The number of carbonyl (C=O) groups excluding carboxylic acids is 1. The van der Waals surface area contributed by atoms with Gasteiger partial charge in [0.2, 0.25) is 12.9 Å². The van der Waals surface area contributed by atoms with Gasteiger partial charge in [-0.15, -0.1) is 0 Å². The second-order valence-corrected chi connectivity index (χ2v) is 3.59. The molecular formula is C11H14N2O5. The highest BCUT2D eigenvalue weighted by Gasteiger charge is 2.21. The van der Waals surface area contributed by atoms with E-state index in [1.54, 1.807) is 18.2 Å². The van der Waals surface area contributed by atoms with Gasteiger partial charge in [-0.25, -0.2) is 5.84 Å². The summed E-state index contributed by atoms with van der Waals surface area (Å²) >= 11 is 0. The molecule has 3 N–H and O–H groups in total. The first-order valence-electron chi connectivity index (χ1n) is 5.30. The van der Waals surface area contributed by atoms with Crippen LogP contribution in [0.25, 0.3) is 0 Å². The molecule has 1 atom stereocenters. The van der Waals surface area contributed by atoms with Crippen molar-refractivity contribution in [1.82, 2.24) is 5.43 Å². The maximum absolute atomic E-state index is 11.4. The molecule has 7 heteroatoms. The van der Waals surface area contributed by atoms with Crippen molar-refractivity contribution >= 4 is 5.91 Å². The third-order valence-corrected chi connectivity index (χ3v) is 2.38. The van der Waals surface area contributed by atoms with Crippen molar-refractivity contribution in [2.24, 2.45) is 5.84 Å². The van der Waals surface area contributed by atoms with Crippen LogP contribution in [0, 0.1) is 0 Å². The third-order valence-electron chi connectivity index (χ3n) is 2.38. The Kier molecular flexibility index (Phi) is 3.85. The minimum Gasteiger partial charge on any atom is -0.478 e. The molecule has 1 unspecified atom stereocenters. The summed E-state index contributed by atoms with van der Waals surface area (Å²) in [4.78, 5) is 11.4. The SMILES string of the molecule is COCC(Oc1ccc2c(c1)OCO2)C(=O)NN. The third kappa shape index (κ3) is 2.63. The summed E-state index contributed by atoms with van der Waals surface area (Å²) in [6, 6.07) is 5.04. The molecule has 1 aromatic rings. The zero-order valence-electron chi connectivity index (χ0n) is 9.84. The Hall–Kier alpha value is -1.99. The normalized spacial score (nSPS) is 14.1. The molecule has 0 spiro atoms. The van der Waals surface area contributed by atoms with Crippen molar-refractivity contribution in [1.29, 1.82) is 0 Å². The molecule has 0 aromatic heterocycles. The summed E-state index contributed by atoms with van der Waals surface area (Å²) in [7, 11) is 1.47. The molecule has 2 rings (SSSR count). The predicted molar refractivity (Wildman–Crippen MR) is 61.2 cm³/mol. The lowest BCUT2D eigenvalue weighted by molar-refractivity contribution is -0.130. The number of rotatable bonds is 5. The van der Waals surface area contributed by atoms with E-state index < -0.39 is 12.0 Å². The van der Waals surface area contributed by atoms with Gasteiger partial charge in [0.15, 0.2) is 11.5 Å².